The quantitative estimate of drug-likeness (QED) is 0.799. The number of ether oxygens (including phenoxy) is 1. The fourth-order valence-electron chi connectivity index (χ4n) is 1.91. The molecule has 0 saturated heterocycles. The van der Waals surface area contributed by atoms with Crippen LogP contribution >= 0.6 is 12.2 Å². The summed E-state index contributed by atoms with van der Waals surface area (Å²) in [6, 6.07) is 11.8. The van der Waals surface area contributed by atoms with Crippen molar-refractivity contribution < 1.29 is 4.74 Å². The van der Waals surface area contributed by atoms with Gasteiger partial charge >= 0.3 is 0 Å². The highest BCUT2D eigenvalue weighted by molar-refractivity contribution is 7.80. The molecule has 1 aromatic carbocycles. The van der Waals surface area contributed by atoms with Gasteiger partial charge in [-0.05, 0) is 48.6 Å². The number of pyridine rings is 1. The van der Waals surface area contributed by atoms with Crippen LogP contribution in [0.4, 0.5) is 11.4 Å². The number of methoxy groups -OCH3 is 1. The molecule has 2 rings (SSSR count). The first kappa shape index (κ1) is 16.0. The van der Waals surface area contributed by atoms with Crippen LogP contribution in [0.25, 0.3) is 0 Å². The fraction of sp³-hybridized carbons (Fsp3) is 0.250. The Balaban J connectivity index is 1.74. The van der Waals surface area contributed by atoms with Gasteiger partial charge in [0.25, 0.3) is 0 Å². The van der Waals surface area contributed by atoms with Crippen LogP contribution in [0.3, 0.4) is 0 Å². The number of benzene rings is 1. The molecule has 1 heterocycles. The maximum atomic E-state index is 5.25. The van der Waals surface area contributed by atoms with Crippen LogP contribution in [0, 0.1) is 0 Å². The molecule has 0 saturated carbocycles. The van der Waals surface area contributed by atoms with Gasteiger partial charge in [-0.25, -0.2) is 0 Å². The monoisotopic (exact) mass is 316 g/mol. The van der Waals surface area contributed by atoms with Gasteiger partial charge in [0.05, 0.1) is 19.0 Å². The second-order valence-corrected chi connectivity index (χ2v) is 5.15. The maximum absolute atomic E-state index is 5.25. The zero-order valence-corrected chi connectivity index (χ0v) is 13.6. The van der Waals surface area contributed by atoms with Gasteiger partial charge in [0.15, 0.2) is 5.11 Å². The van der Waals surface area contributed by atoms with Crippen molar-refractivity contribution in [3.63, 3.8) is 0 Å². The molecule has 6 heteroatoms. The van der Waals surface area contributed by atoms with Crippen LogP contribution in [0.2, 0.25) is 0 Å². The Morgan fingerprint density at radius 1 is 1.27 bits per heavy atom. The lowest BCUT2D eigenvalue weighted by Gasteiger charge is -2.20. The molecule has 0 radical (unpaired) electrons. The fourth-order valence-corrected chi connectivity index (χ4v) is 2.13. The number of nitrogens with one attached hydrogen (secondary N) is 2. The van der Waals surface area contributed by atoms with Crippen molar-refractivity contribution in [2.75, 3.05) is 37.5 Å². The van der Waals surface area contributed by atoms with E-state index in [9.17, 15) is 0 Å². The Morgan fingerprint density at radius 2 is 2.05 bits per heavy atom. The highest BCUT2D eigenvalue weighted by atomic mass is 32.1. The number of thiocarbonyl (C=S) groups is 1. The first-order valence-corrected chi connectivity index (χ1v) is 7.40. The Kier molecular flexibility index (Phi) is 5.97. The number of rotatable bonds is 6. The molecule has 0 spiro atoms. The zero-order chi connectivity index (χ0) is 15.8. The number of likely N-dealkylation sites (N-methyl/N-ethyl adjacent to an activating group) is 1. The van der Waals surface area contributed by atoms with Gasteiger partial charge in [0.1, 0.15) is 5.75 Å². The van der Waals surface area contributed by atoms with E-state index < -0.39 is 0 Å². The zero-order valence-electron chi connectivity index (χ0n) is 12.7. The highest BCUT2D eigenvalue weighted by Gasteiger charge is 2.02. The summed E-state index contributed by atoms with van der Waals surface area (Å²) in [6.45, 7) is 1.58. The lowest BCUT2D eigenvalue weighted by molar-refractivity contribution is 0.415. The van der Waals surface area contributed by atoms with Crippen LogP contribution in [0.15, 0.2) is 48.8 Å². The summed E-state index contributed by atoms with van der Waals surface area (Å²) in [4.78, 5) is 6.18. The first-order valence-electron chi connectivity index (χ1n) is 6.99. The molecule has 1 aromatic heterocycles. The van der Waals surface area contributed by atoms with E-state index in [0.717, 1.165) is 30.2 Å². The number of hydrogen-bond acceptors (Lipinski definition) is 4. The summed E-state index contributed by atoms with van der Waals surface area (Å²) < 4.78 is 5.16. The first-order chi connectivity index (χ1) is 10.7. The van der Waals surface area contributed by atoms with Crippen LogP contribution in [-0.4, -0.2) is 37.3 Å². The molecule has 0 bridgehead atoms. The van der Waals surface area contributed by atoms with Crippen LogP contribution in [0.5, 0.6) is 5.75 Å². The molecule has 2 N–H and O–H groups in total. The average molecular weight is 316 g/mol. The summed E-state index contributed by atoms with van der Waals surface area (Å²) in [5.41, 5.74) is 2.01. The summed E-state index contributed by atoms with van der Waals surface area (Å²) in [6.07, 6.45) is 3.46. The Labute approximate surface area is 136 Å². The minimum atomic E-state index is 0.594. The van der Waals surface area contributed by atoms with Gasteiger partial charge in [0, 0.05) is 32.0 Å². The van der Waals surface area contributed by atoms with Crippen LogP contribution < -0.4 is 20.3 Å². The molecule has 22 heavy (non-hydrogen) atoms. The van der Waals surface area contributed by atoms with E-state index in [2.05, 4.69) is 20.5 Å². The molecule has 116 valence electrons. The molecule has 0 fully saturated rings. The number of aromatic nitrogens is 1. The maximum Gasteiger partial charge on any atom is 0.170 e. The Bertz CT molecular complexity index is 589. The van der Waals surface area contributed by atoms with E-state index in [0.29, 0.717) is 5.11 Å². The lowest BCUT2D eigenvalue weighted by Crippen LogP contribution is -2.35. The van der Waals surface area contributed by atoms with Gasteiger partial charge in [0.2, 0.25) is 0 Å². The topological polar surface area (TPSA) is 49.4 Å². The van der Waals surface area contributed by atoms with E-state index in [1.807, 2.05) is 43.4 Å². The van der Waals surface area contributed by atoms with Crippen molar-refractivity contribution in [3.8, 4) is 5.75 Å². The summed E-state index contributed by atoms with van der Waals surface area (Å²) in [7, 11) is 3.71. The molecule has 5 nitrogen and oxygen atoms in total. The van der Waals surface area contributed by atoms with E-state index in [4.69, 9.17) is 17.0 Å². The lowest BCUT2D eigenvalue weighted by atomic mass is 10.3. The minimum Gasteiger partial charge on any atom is -0.497 e. The van der Waals surface area contributed by atoms with Gasteiger partial charge in [-0.3, -0.25) is 4.98 Å². The normalized spacial score (nSPS) is 9.91. The van der Waals surface area contributed by atoms with Gasteiger partial charge in [-0.2, -0.15) is 0 Å². The third kappa shape index (κ3) is 4.89. The average Bonchev–Trinajstić information content (AvgIpc) is 2.55. The molecule has 2 aromatic rings. The predicted octanol–water partition coefficient (Wildman–Crippen LogP) is 2.51. The van der Waals surface area contributed by atoms with E-state index >= 15 is 0 Å². The molecule has 0 aliphatic rings. The van der Waals surface area contributed by atoms with Crippen molar-refractivity contribution in [2.45, 2.75) is 0 Å². The smallest absolute Gasteiger partial charge is 0.170 e. The van der Waals surface area contributed by atoms with Crippen LogP contribution in [0.1, 0.15) is 0 Å². The van der Waals surface area contributed by atoms with Gasteiger partial charge < -0.3 is 20.3 Å². The van der Waals surface area contributed by atoms with Crippen molar-refractivity contribution in [1.29, 1.82) is 0 Å². The summed E-state index contributed by atoms with van der Waals surface area (Å²) in [5, 5.41) is 6.87. The van der Waals surface area contributed by atoms with Crippen molar-refractivity contribution in [2.24, 2.45) is 0 Å². The van der Waals surface area contributed by atoms with Gasteiger partial charge in [-0.15, -0.1) is 0 Å². The Morgan fingerprint density at radius 3 is 2.68 bits per heavy atom. The predicted molar refractivity (Wildman–Crippen MR) is 94.7 cm³/mol. The van der Waals surface area contributed by atoms with E-state index in [1.165, 1.54) is 0 Å². The largest absolute Gasteiger partial charge is 0.497 e. The standard InChI is InChI=1S/C16H20N4OS/c1-20(14-5-7-15(21-2)8-6-14)11-10-18-16(22)19-13-4-3-9-17-12-13/h3-9,12H,10-11H2,1-2H3,(H2,18,19,22). The van der Waals surface area contributed by atoms with Crippen molar-refractivity contribution in [1.82, 2.24) is 10.3 Å². The van der Waals surface area contributed by atoms with E-state index in [1.54, 1.807) is 19.5 Å². The molecule has 0 unspecified atom stereocenters. The molecule has 0 aliphatic heterocycles. The van der Waals surface area contributed by atoms with Crippen molar-refractivity contribution in [3.05, 3.63) is 48.8 Å². The number of hydrogen-bond donors (Lipinski definition) is 2. The van der Waals surface area contributed by atoms with E-state index in [-0.39, 0.29) is 0 Å². The highest BCUT2D eigenvalue weighted by Crippen LogP contribution is 2.17. The number of anilines is 2. The third-order valence-electron chi connectivity index (χ3n) is 3.17. The molecular formula is C16H20N4OS. The second kappa shape index (κ2) is 8.19. The second-order valence-electron chi connectivity index (χ2n) is 4.74. The molecular weight excluding hydrogens is 296 g/mol. The Hall–Kier alpha value is -2.34. The van der Waals surface area contributed by atoms with Crippen molar-refractivity contribution >= 4 is 28.7 Å². The minimum absolute atomic E-state index is 0.594. The molecule has 0 aliphatic carbocycles. The SMILES string of the molecule is COc1ccc(N(C)CCNC(=S)Nc2cccnc2)cc1. The van der Waals surface area contributed by atoms with Gasteiger partial charge in [-0.1, -0.05) is 0 Å². The third-order valence-corrected chi connectivity index (χ3v) is 3.41. The molecule has 0 amide bonds. The molecule has 0 atom stereocenters. The number of nitrogens with zero attached hydrogens (tertiary/aromatic N) is 2. The summed E-state index contributed by atoms with van der Waals surface area (Å²) >= 11 is 5.25. The van der Waals surface area contributed by atoms with Crippen LogP contribution in [-0.2, 0) is 0 Å². The summed E-state index contributed by atoms with van der Waals surface area (Å²) in [5.74, 6) is 0.858.